The zero-order valence-corrected chi connectivity index (χ0v) is 15.1. The number of benzene rings is 1. The molecule has 1 aromatic carbocycles. The van der Waals surface area contributed by atoms with Crippen molar-refractivity contribution in [2.45, 2.75) is 45.7 Å². The molecule has 1 aliphatic rings. The third-order valence-electron chi connectivity index (χ3n) is 4.44. The minimum absolute atomic E-state index is 0.172. The van der Waals surface area contributed by atoms with Gasteiger partial charge < -0.3 is 10.2 Å². The number of piperazine rings is 1. The molecule has 20 heavy (non-hydrogen) atoms. The van der Waals surface area contributed by atoms with Gasteiger partial charge in [-0.15, -0.1) is 0 Å². The van der Waals surface area contributed by atoms with Crippen LogP contribution in [0.25, 0.3) is 0 Å². The predicted molar refractivity (Wildman–Crippen MR) is 91.8 cm³/mol. The molecule has 2 unspecified atom stereocenters. The van der Waals surface area contributed by atoms with Crippen molar-refractivity contribution in [2.24, 2.45) is 5.92 Å². The van der Waals surface area contributed by atoms with Gasteiger partial charge in [0.15, 0.2) is 0 Å². The van der Waals surface area contributed by atoms with Gasteiger partial charge in [0, 0.05) is 34.8 Å². The van der Waals surface area contributed by atoms with Crippen LogP contribution in [0.4, 0.5) is 5.69 Å². The van der Waals surface area contributed by atoms with Crippen LogP contribution < -0.4 is 10.2 Å². The zero-order valence-electron chi connectivity index (χ0n) is 12.7. The molecule has 0 aliphatic carbocycles. The Morgan fingerprint density at radius 3 is 2.75 bits per heavy atom. The number of halogens is 2. The Hall–Kier alpha value is -0.250. The minimum Gasteiger partial charge on any atom is -0.365 e. The molecule has 1 aliphatic heterocycles. The fraction of sp³-hybridized carbons (Fsp3) is 0.625. The molecule has 0 radical (unpaired) electrons. The summed E-state index contributed by atoms with van der Waals surface area (Å²) >= 11 is 9.75. The van der Waals surface area contributed by atoms with Crippen molar-refractivity contribution in [2.75, 3.05) is 18.0 Å². The predicted octanol–water partition coefficient (Wildman–Crippen LogP) is 4.71. The largest absolute Gasteiger partial charge is 0.365 e. The quantitative estimate of drug-likeness (QED) is 0.841. The molecule has 2 rings (SSSR count). The van der Waals surface area contributed by atoms with Crippen molar-refractivity contribution >= 4 is 33.2 Å². The monoisotopic (exact) mass is 358 g/mol. The molecular weight excluding hydrogens is 336 g/mol. The molecule has 2 nitrogen and oxygen atoms in total. The van der Waals surface area contributed by atoms with Crippen LogP contribution in [-0.4, -0.2) is 24.7 Å². The van der Waals surface area contributed by atoms with Crippen molar-refractivity contribution in [1.29, 1.82) is 0 Å². The molecule has 0 amide bonds. The zero-order chi connectivity index (χ0) is 14.9. The summed E-state index contributed by atoms with van der Waals surface area (Å²) in [4.78, 5) is 2.52. The molecule has 112 valence electrons. The van der Waals surface area contributed by atoms with Crippen LogP contribution in [0.3, 0.4) is 0 Å². The Morgan fingerprint density at radius 2 is 2.20 bits per heavy atom. The standard InChI is InChI=1S/C16H24BrClN2/c1-5-16(4)10-20(15(9-19-16)11(2)3)12-6-7-13(17)14(18)8-12/h6-8,11,15,19H,5,9-10H2,1-4H3. The molecule has 0 saturated carbocycles. The molecule has 1 aromatic rings. The molecule has 0 spiro atoms. The first-order valence-electron chi connectivity index (χ1n) is 7.33. The van der Waals surface area contributed by atoms with E-state index in [4.69, 9.17) is 11.6 Å². The Balaban J connectivity index is 2.33. The lowest BCUT2D eigenvalue weighted by molar-refractivity contribution is 0.253. The first-order chi connectivity index (χ1) is 9.36. The van der Waals surface area contributed by atoms with Crippen LogP contribution in [-0.2, 0) is 0 Å². The number of anilines is 1. The summed E-state index contributed by atoms with van der Waals surface area (Å²) in [6.45, 7) is 11.2. The fourth-order valence-electron chi connectivity index (χ4n) is 2.79. The molecule has 1 saturated heterocycles. The van der Waals surface area contributed by atoms with E-state index >= 15 is 0 Å². The van der Waals surface area contributed by atoms with E-state index < -0.39 is 0 Å². The van der Waals surface area contributed by atoms with Gasteiger partial charge in [0.2, 0.25) is 0 Å². The van der Waals surface area contributed by atoms with Crippen molar-refractivity contribution in [3.8, 4) is 0 Å². The second-order valence-electron chi connectivity index (χ2n) is 6.33. The molecule has 1 N–H and O–H groups in total. The lowest BCUT2D eigenvalue weighted by atomic mass is 9.89. The van der Waals surface area contributed by atoms with Gasteiger partial charge in [0.25, 0.3) is 0 Å². The Labute approximate surface area is 136 Å². The summed E-state index contributed by atoms with van der Waals surface area (Å²) < 4.78 is 0.956. The normalized spacial score (nSPS) is 27.1. The van der Waals surface area contributed by atoms with E-state index in [9.17, 15) is 0 Å². The second kappa shape index (κ2) is 6.25. The maximum atomic E-state index is 6.28. The van der Waals surface area contributed by atoms with Crippen molar-refractivity contribution in [1.82, 2.24) is 5.32 Å². The van der Waals surface area contributed by atoms with Crippen molar-refractivity contribution < 1.29 is 0 Å². The molecule has 4 heteroatoms. The third-order valence-corrected chi connectivity index (χ3v) is 5.67. The highest BCUT2D eigenvalue weighted by atomic mass is 79.9. The molecule has 0 aromatic heterocycles. The van der Waals surface area contributed by atoms with Gasteiger partial charge in [0.1, 0.15) is 0 Å². The van der Waals surface area contributed by atoms with Gasteiger partial charge in [-0.3, -0.25) is 0 Å². The fourth-order valence-corrected chi connectivity index (χ4v) is 3.21. The van der Waals surface area contributed by atoms with Gasteiger partial charge >= 0.3 is 0 Å². The summed E-state index contributed by atoms with van der Waals surface area (Å²) in [7, 11) is 0. The van der Waals surface area contributed by atoms with Crippen molar-refractivity contribution in [3.05, 3.63) is 27.7 Å². The van der Waals surface area contributed by atoms with Crippen LogP contribution in [0.2, 0.25) is 5.02 Å². The highest BCUT2D eigenvalue weighted by molar-refractivity contribution is 9.10. The average molecular weight is 360 g/mol. The van der Waals surface area contributed by atoms with E-state index in [0.717, 1.165) is 29.0 Å². The van der Waals surface area contributed by atoms with Crippen molar-refractivity contribution in [3.63, 3.8) is 0 Å². The maximum Gasteiger partial charge on any atom is 0.0568 e. The topological polar surface area (TPSA) is 15.3 Å². The molecule has 1 heterocycles. The maximum absolute atomic E-state index is 6.28. The Morgan fingerprint density at radius 1 is 1.50 bits per heavy atom. The molecular formula is C16H24BrClN2. The Kier molecular flexibility index (Phi) is 5.04. The lowest BCUT2D eigenvalue weighted by Crippen LogP contribution is -2.64. The SMILES string of the molecule is CCC1(C)CN(c2ccc(Br)c(Cl)c2)C(C(C)C)CN1. The minimum atomic E-state index is 0.172. The number of hydrogen-bond acceptors (Lipinski definition) is 2. The summed E-state index contributed by atoms with van der Waals surface area (Å²) in [5, 5.41) is 4.50. The van der Waals surface area contributed by atoms with E-state index in [2.05, 4.69) is 66.0 Å². The first kappa shape index (κ1) is 16.1. The van der Waals surface area contributed by atoms with E-state index in [1.807, 2.05) is 6.07 Å². The number of hydrogen-bond donors (Lipinski definition) is 1. The summed E-state index contributed by atoms with van der Waals surface area (Å²) in [5.41, 5.74) is 1.39. The van der Waals surface area contributed by atoms with Crippen LogP contribution in [0.1, 0.15) is 34.1 Å². The van der Waals surface area contributed by atoms with Gasteiger partial charge in [-0.05, 0) is 53.4 Å². The van der Waals surface area contributed by atoms with Crippen LogP contribution in [0.15, 0.2) is 22.7 Å². The van der Waals surface area contributed by atoms with E-state index in [0.29, 0.717) is 12.0 Å². The smallest absolute Gasteiger partial charge is 0.0568 e. The van der Waals surface area contributed by atoms with E-state index in [1.165, 1.54) is 5.69 Å². The van der Waals surface area contributed by atoms with Crippen LogP contribution >= 0.6 is 27.5 Å². The Bertz CT molecular complexity index is 478. The molecule has 1 fully saturated rings. The highest BCUT2D eigenvalue weighted by Gasteiger charge is 2.35. The van der Waals surface area contributed by atoms with Gasteiger partial charge in [-0.1, -0.05) is 32.4 Å². The third kappa shape index (κ3) is 3.32. The van der Waals surface area contributed by atoms with Crippen LogP contribution in [0, 0.1) is 5.92 Å². The molecule has 2 atom stereocenters. The van der Waals surface area contributed by atoms with E-state index in [-0.39, 0.29) is 5.54 Å². The van der Waals surface area contributed by atoms with E-state index in [1.54, 1.807) is 0 Å². The number of nitrogens with one attached hydrogen (secondary N) is 1. The summed E-state index contributed by atoms with van der Waals surface area (Å²) in [6.07, 6.45) is 1.12. The summed E-state index contributed by atoms with van der Waals surface area (Å²) in [5.74, 6) is 0.603. The summed E-state index contributed by atoms with van der Waals surface area (Å²) in [6, 6.07) is 6.78. The van der Waals surface area contributed by atoms with Gasteiger partial charge in [-0.25, -0.2) is 0 Å². The second-order valence-corrected chi connectivity index (χ2v) is 7.59. The highest BCUT2D eigenvalue weighted by Crippen LogP contribution is 2.32. The number of nitrogens with zero attached hydrogens (tertiary/aromatic N) is 1. The molecule has 0 bridgehead atoms. The average Bonchev–Trinajstić information content (AvgIpc) is 2.41. The van der Waals surface area contributed by atoms with Gasteiger partial charge in [0.05, 0.1) is 5.02 Å². The van der Waals surface area contributed by atoms with Crippen LogP contribution in [0.5, 0.6) is 0 Å². The first-order valence-corrected chi connectivity index (χ1v) is 8.50. The number of rotatable bonds is 3. The van der Waals surface area contributed by atoms with Gasteiger partial charge in [-0.2, -0.15) is 0 Å². The lowest BCUT2D eigenvalue weighted by Gasteiger charge is -2.48.